The molecule has 0 unspecified atom stereocenters. The molecule has 0 fully saturated rings. The van der Waals surface area contributed by atoms with Gasteiger partial charge in [-0.3, -0.25) is 4.79 Å². The van der Waals surface area contributed by atoms with Gasteiger partial charge in [0.05, 0.1) is 6.54 Å². The third-order valence-electron chi connectivity index (χ3n) is 2.12. The average molecular weight is 220 g/mol. The largest absolute Gasteiger partial charge is 0.357 e. The van der Waals surface area contributed by atoms with Crippen LogP contribution in [-0.4, -0.2) is 33.0 Å². The number of aromatic amines is 1. The molecule has 0 atom stereocenters. The van der Waals surface area contributed by atoms with E-state index in [0.29, 0.717) is 24.0 Å². The third-order valence-corrected chi connectivity index (χ3v) is 2.12. The van der Waals surface area contributed by atoms with Gasteiger partial charge in [0, 0.05) is 20.2 Å². The zero-order valence-corrected chi connectivity index (χ0v) is 9.10. The number of carbonyl (C=O) groups is 1. The van der Waals surface area contributed by atoms with Gasteiger partial charge in [0.15, 0.2) is 5.82 Å². The maximum atomic E-state index is 11.8. The summed E-state index contributed by atoms with van der Waals surface area (Å²) in [5.41, 5.74) is 0.544. The second-order valence-electron chi connectivity index (χ2n) is 3.47. The Kier molecular flexibility index (Phi) is 2.72. The van der Waals surface area contributed by atoms with Gasteiger partial charge in [-0.2, -0.15) is 4.98 Å². The molecule has 6 heteroatoms. The van der Waals surface area contributed by atoms with Crippen molar-refractivity contribution in [2.45, 2.75) is 13.5 Å². The molecular formula is C10H12N4O2. The molecule has 0 saturated heterocycles. The first-order chi connectivity index (χ1) is 7.66. The number of nitrogens with zero attached hydrogens (tertiary/aromatic N) is 3. The van der Waals surface area contributed by atoms with Crippen LogP contribution in [-0.2, 0) is 6.54 Å². The molecule has 0 saturated carbocycles. The number of aromatic nitrogens is 3. The van der Waals surface area contributed by atoms with Crippen LogP contribution in [0.2, 0.25) is 0 Å². The van der Waals surface area contributed by atoms with Crippen molar-refractivity contribution >= 4 is 5.91 Å². The molecule has 84 valence electrons. The van der Waals surface area contributed by atoms with Crippen LogP contribution in [0.15, 0.2) is 22.9 Å². The maximum Gasteiger partial charge on any atom is 0.270 e. The van der Waals surface area contributed by atoms with Gasteiger partial charge in [0.2, 0.25) is 5.89 Å². The molecular weight excluding hydrogens is 208 g/mol. The lowest BCUT2D eigenvalue weighted by atomic mass is 10.3. The van der Waals surface area contributed by atoms with Gasteiger partial charge in [-0.25, -0.2) is 0 Å². The fourth-order valence-corrected chi connectivity index (χ4v) is 1.36. The van der Waals surface area contributed by atoms with Crippen molar-refractivity contribution in [3.8, 4) is 0 Å². The molecule has 2 aromatic heterocycles. The normalized spacial score (nSPS) is 10.4. The summed E-state index contributed by atoms with van der Waals surface area (Å²) in [5, 5.41) is 3.73. The number of carbonyl (C=O) groups excluding carboxylic acids is 1. The van der Waals surface area contributed by atoms with E-state index in [9.17, 15) is 4.79 Å². The standard InChI is InChI=1S/C10H12N4O2/c1-7-12-9(13-16-7)6-14(2)10(15)8-4-3-5-11-8/h3-5,11H,6H2,1-2H3. The first-order valence-electron chi connectivity index (χ1n) is 4.85. The van der Waals surface area contributed by atoms with Crippen LogP contribution < -0.4 is 0 Å². The van der Waals surface area contributed by atoms with Crippen LogP contribution in [0.25, 0.3) is 0 Å². The number of nitrogens with one attached hydrogen (secondary N) is 1. The van der Waals surface area contributed by atoms with Gasteiger partial charge in [0.1, 0.15) is 5.69 Å². The number of hydrogen-bond acceptors (Lipinski definition) is 4. The molecule has 0 spiro atoms. The Morgan fingerprint density at radius 1 is 1.62 bits per heavy atom. The number of amides is 1. The zero-order chi connectivity index (χ0) is 11.5. The van der Waals surface area contributed by atoms with Crippen molar-refractivity contribution in [2.24, 2.45) is 0 Å². The smallest absolute Gasteiger partial charge is 0.270 e. The van der Waals surface area contributed by atoms with Crippen LogP contribution in [0.3, 0.4) is 0 Å². The molecule has 0 radical (unpaired) electrons. The molecule has 1 amide bonds. The van der Waals surface area contributed by atoms with E-state index >= 15 is 0 Å². The van der Waals surface area contributed by atoms with Crippen LogP contribution >= 0.6 is 0 Å². The third kappa shape index (κ3) is 2.10. The van der Waals surface area contributed by atoms with Crippen molar-refractivity contribution in [3.63, 3.8) is 0 Å². The Morgan fingerprint density at radius 3 is 3.00 bits per heavy atom. The minimum Gasteiger partial charge on any atom is -0.357 e. The second-order valence-corrected chi connectivity index (χ2v) is 3.47. The summed E-state index contributed by atoms with van der Waals surface area (Å²) in [5.74, 6) is 0.892. The minimum absolute atomic E-state index is 0.104. The van der Waals surface area contributed by atoms with Crippen molar-refractivity contribution in [3.05, 3.63) is 35.7 Å². The highest BCUT2D eigenvalue weighted by molar-refractivity contribution is 5.92. The van der Waals surface area contributed by atoms with Crippen LogP contribution in [0.1, 0.15) is 22.2 Å². The first-order valence-corrected chi connectivity index (χ1v) is 4.85. The molecule has 0 aromatic carbocycles. The highest BCUT2D eigenvalue weighted by Crippen LogP contribution is 2.04. The summed E-state index contributed by atoms with van der Waals surface area (Å²) in [6.45, 7) is 2.04. The molecule has 0 aliphatic carbocycles. The topological polar surface area (TPSA) is 75.0 Å². The molecule has 2 heterocycles. The fraction of sp³-hybridized carbons (Fsp3) is 0.300. The van der Waals surface area contributed by atoms with Gasteiger partial charge >= 0.3 is 0 Å². The van der Waals surface area contributed by atoms with Gasteiger partial charge < -0.3 is 14.4 Å². The predicted octanol–water partition coefficient (Wildman–Crippen LogP) is 0.978. The molecule has 0 aliphatic heterocycles. The fourth-order valence-electron chi connectivity index (χ4n) is 1.36. The zero-order valence-electron chi connectivity index (χ0n) is 9.10. The number of rotatable bonds is 3. The van der Waals surface area contributed by atoms with E-state index in [1.807, 2.05) is 0 Å². The molecule has 6 nitrogen and oxygen atoms in total. The number of H-pyrrole nitrogens is 1. The van der Waals surface area contributed by atoms with Crippen molar-refractivity contribution < 1.29 is 9.32 Å². The summed E-state index contributed by atoms with van der Waals surface area (Å²) < 4.78 is 4.83. The van der Waals surface area contributed by atoms with Crippen LogP contribution in [0.5, 0.6) is 0 Å². The first kappa shape index (κ1) is 10.4. The van der Waals surface area contributed by atoms with Gasteiger partial charge in [-0.05, 0) is 12.1 Å². The van der Waals surface area contributed by atoms with Crippen LogP contribution in [0.4, 0.5) is 0 Å². The molecule has 0 bridgehead atoms. The van der Waals surface area contributed by atoms with E-state index in [0.717, 1.165) is 0 Å². The molecule has 0 aliphatic rings. The Hall–Kier alpha value is -2.11. The Labute approximate surface area is 92.3 Å². The van der Waals surface area contributed by atoms with Gasteiger partial charge in [-0.1, -0.05) is 5.16 Å². The minimum atomic E-state index is -0.104. The summed E-state index contributed by atoms with van der Waals surface area (Å²) in [7, 11) is 1.69. The van der Waals surface area contributed by atoms with E-state index in [1.54, 1.807) is 32.3 Å². The van der Waals surface area contributed by atoms with E-state index in [1.165, 1.54) is 4.90 Å². The van der Waals surface area contributed by atoms with E-state index in [4.69, 9.17) is 4.52 Å². The molecule has 2 aromatic rings. The lowest BCUT2D eigenvalue weighted by Crippen LogP contribution is -2.26. The lowest BCUT2D eigenvalue weighted by Gasteiger charge is -2.13. The van der Waals surface area contributed by atoms with E-state index in [-0.39, 0.29) is 5.91 Å². The molecule has 16 heavy (non-hydrogen) atoms. The second kappa shape index (κ2) is 4.18. The van der Waals surface area contributed by atoms with Crippen molar-refractivity contribution in [1.29, 1.82) is 0 Å². The average Bonchev–Trinajstić information content (AvgIpc) is 2.88. The van der Waals surface area contributed by atoms with E-state index in [2.05, 4.69) is 15.1 Å². The monoisotopic (exact) mass is 220 g/mol. The molecule has 1 N–H and O–H groups in total. The predicted molar refractivity (Wildman–Crippen MR) is 55.6 cm³/mol. The number of hydrogen-bond donors (Lipinski definition) is 1. The van der Waals surface area contributed by atoms with E-state index < -0.39 is 0 Å². The highest BCUT2D eigenvalue weighted by Gasteiger charge is 2.14. The SMILES string of the molecule is Cc1nc(CN(C)C(=O)c2ccc[nH]2)no1. The van der Waals surface area contributed by atoms with Gasteiger partial charge in [0.25, 0.3) is 5.91 Å². The summed E-state index contributed by atoms with van der Waals surface area (Å²) in [4.78, 5) is 20.2. The van der Waals surface area contributed by atoms with Crippen molar-refractivity contribution in [2.75, 3.05) is 7.05 Å². The Bertz CT molecular complexity index is 475. The summed E-state index contributed by atoms with van der Waals surface area (Å²) in [6, 6.07) is 3.50. The highest BCUT2D eigenvalue weighted by atomic mass is 16.5. The summed E-state index contributed by atoms with van der Waals surface area (Å²) >= 11 is 0. The van der Waals surface area contributed by atoms with Crippen LogP contribution in [0, 0.1) is 6.92 Å². The lowest BCUT2D eigenvalue weighted by molar-refractivity contribution is 0.0775. The van der Waals surface area contributed by atoms with Crippen molar-refractivity contribution in [1.82, 2.24) is 20.0 Å². The number of aryl methyl sites for hydroxylation is 1. The summed E-state index contributed by atoms with van der Waals surface area (Å²) in [6.07, 6.45) is 1.71. The van der Waals surface area contributed by atoms with Gasteiger partial charge in [-0.15, -0.1) is 0 Å². The Balaban J connectivity index is 2.03. The maximum absolute atomic E-state index is 11.8. The quantitative estimate of drug-likeness (QED) is 0.836. The Morgan fingerprint density at radius 2 is 2.44 bits per heavy atom. The molecule has 2 rings (SSSR count).